The van der Waals surface area contributed by atoms with Gasteiger partial charge in [-0.1, -0.05) is 48.6 Å². The van der Waals surface area contributed by atoms with E-state index in [4.69, 9.17) is 0 Å². The SMILES string of the molecule is O=C1NC(c2ccccc2)=C2C(=O)NC(C3=CCCC=C3)=C12. The fourth-order valence-electron chi connectivity index (χ4n) is 3.02. The maximum Gasteiger partial charge on any atom is 0.258 e. The minimum atomic E-state index is -0.220. The number of benzene rings is 1. The first-order chi connectivity index (χ1) is 10.8. The van der Waals surface area contributed by atoms with Gasteiger partial charge in [0.2, 0.25) is 0 Å². The average molecular weight is 290 g/mol. The molecule has 2 amide bonds. The average Bonchev–Trinajstić information content (AvgIpc) is 3.09. The number of fused-ring (bicyclic) bond motifs is 1. The third-order valence-electron chi connectivity index (χ3n) is 4.03. The summed E-state index contributed by atoms with van der Waals surface area (Å²) in [5, 5.41) is 5.70. The fraction of sp³-hybridized carbons (Fsp3) is 0.111. The molecule has 0 unspecified atom stereocenters. The molecule has 0 saturated heterocycles. The van der Waals surface area contributed by atoms with E-state index in [-0.39, 0.29) is 11.8 Å². The van der Waals surface area contributed by atoms with Gasteiger partial charge in [0, 0.05) is 0 Å². The first-order valence-corrected chi connectivity index (χ1v) is 7.30. The van der Waals surface area contributed by atoms with E-state index in [1.54, 1.807) is 0 Å². The lowest BCUT2D eigenvalue weighted by Gasteiger charge is -2.10. The summed E-state index contributed by atoms with van der Waals surface area (Å²) in [4.78, 5) is 24.8. The molecule has 108 valence electrons. The molecule has 2 aliphatic heterocycles. The van der Waals surface area contributed by atoms with Crippen molar-refractivity contribution < 1.29 is 9.59 Å². The molecule has 0 bridgehead atoms. The van der Waals surface area contributed by atoms with Crippen LogP contribution in [0.25, 0.3) is 5.70 Å². The summed E-state index contributed by atoms with van der Waals surface area (Å²) in [7, 11) is 0. The summed E-state index contributed by atoms with van der Waals surface area (Å²) in [5.74, 6) is -0.441. The molecule has 3 aliphatic rings. The molecule has 4 nitrogen and oxygen atoms in total. The highest BCUT2D eigenvalue weighted by Crippen LogP contribution is 2.36. The van der Waals surface area contributed by atoms with Gasteiger partial charge in [-0.2, -0.15) is 0 Å². The van der Waals surface area contributed by atoms with Crippen LogP contribution in [0.3, 0.4) is 0 Å². The number of amides is 2. The molecule has 0 spiro atoms. The van der Waals surface area contributed by atoms with E-state index in [0.717, 1.165) is 24.0 Å². The van der Waals surface area contributed by atoms with Crippen molar-refractivity contribution in [3.63, 3.8) is 0 Å². The number of carbonyl (C=O) groups excluding carboxylic acids is 2. The second kappa shape index (κ2) is 4.84. The Morgan fingerprint density at radius 3 is 2.18 bits per heavy atom. The highest BCUT2D eigenvalue weighted by atomic mass is 16.2. The van der Waals surface area contributed by atoms with E-state index in [1.165, 1.54) is 0 Å². The topological polar surface area (TPSA) is 58.2 Å². The largest absolute Gasteiger partial charge is 0.321 e. The zero-order chi connectivity index (χ0) is 15.1. The Labute approximate surface area is 127 Å². The minimum Gasteiger partial charge on any atom is -0.321 e. The highest BCUT2D eigenvalue weighted by molar-refractivity contribution is 6.26. The van der Waals surface area contributed by atoms with E-state index in [1.807, 2.05) is 36.4 Å². The van der Waals surface area contributed by atoms with Gasteiger partial charge < -0.3 is 10.6 Å². The molecule has 4 heteroatoms. The van der Waals surface area contributed by atoms with Gasteiger partial charge in [0.1, 0.15) is 0 Å². The summed E-state index contributed by atoms with van der Waals surface area (Å²) in [6.45, 7) is 0. The van der Waals surface area contributed by atoms with Gasteiger partial charge in [-0.3, -0.25) is 9.59 Å². The van der Waals surface area contributed by atoms with Crippen LogP contribution in [0.5, 0.6) is 0 Å². The molecule has 1 aromatic rings. The number of hydrogen-bond donors (Lipinski definition) is 2. The molecule has 0 atom stereocenters. The molecular weight excluding hydrogens is 276 g/mol. The normalized spacial score (nSPS) is 20.1. The van der Waals surface area contributed by atoms with Crippen molar-refractivity contribution in [3.05, 3.63) is 76.5 Å². The summed E-state index contributed by atoms with van der Waals surface area (Å²) in [6.07, 6.45) is 7.98. The maximum absolute atomic E-state index is 12.4. The van der Waals surface area contributed by atoms with Crippen LogP contribution in [-0.2, 0) is 9.59 Å². The third-order valence-corrected chi connectivity index (χ3v) is 4.03. The molecule has 22 heavy (non-hydrogen) atoms. The Bertz CT molecular complexity index is 811. The van der Waals surface area contributed by atoms with Crippen molar-refractivity contribution in [3.8, 4) is 0 Å². The van der Waals surface area contributed by atoms with E-state index in [0.29, 0.717) is 22.5 Å². The quantitative estimate of drug-likeness (QED) is 0.877. The van der Waals surface area contributed by atoms with Crippen LogP contribution in [0.4, 0.5) is 0 Å². The monoisotopic (exact) mass is 290 g/mol. The Balaban J connectivity index is 1.89. The minimum absolute atomic E-state index is 0.220. The lowest BCUT2D eigenvalue weighted by atomic mass is 9.99. The molecular formula is C18H14N2O2. The van der Waals surface area contributed by atoms with Crippen molar-refractivity contribution >= 4 is 17.5 Å². The Morgan fingerprint density at radius 2 is 1.50 bits per heavy atom. The molecule has 0 fully saturated rings. The molecule has 0 radical (unpaired) electrons. The summed E-state index contributed by atoms with van der Waals surface area (Å²) >= 11 is 0. The number of allylic oxidation sites excluding steroid dienone is 3. The van der Waals surface area contributed by atoms with Crippen LogP contribution in [0.2, 0.25) is 0 Å². The van der Waals surface area contributed by atoms with E-state index in [9.17, 15) is 9.59 Å². The van der Waals surface area contributed by atoms with Crippen molar-refractivity contribution in [1.82, 2.24) is 10.6 Å². The van der Waals surface area contributed by atoms with E-state index < -0.39 is 0 Å². The summed E-state index contributed by atoms with van der Waals surface area (Å²) in [6, 6.07) is 9.45. The second-order valence-corrected chi connectivity index (χ2v) is 5.41. The van der Waals surface area contributed by atoms with Gasteiger partial charge in [-0.05, 0) is 24.0 Å². The first-order valence-electron chi connectivity index (χ1n) is 7.30. The maximum atomic E-state index is 12.4. The van der Waals surface area contributed by atoms with Gasteiger partial charge in [0.25, 0.3) is 11.8 Å². The molecule has 0 saturated carbocycles. The molecule has 0 aromatic heterocycles. The number of carbonyl (C=O) groups is 2. The van der Waals surface area contributed by atoms with Crippen LogP contribution in [0.15, 0.2) is 71.0 Å². The summed E-state index contributed by atoms with van der Waals surface area (Å²) < 4.78 is 0. The number of rotatable bonds is 2. The van der Waals surface area contributed by atoms with E-state index >= 15 is 0 Å². The predicted molar refractivity (Wildman–Crippen MR) is 83.1 cm³/mol. The third kappa shape index (κ3) is 1.84. The Hall–Kier alpha value is -2.88. The van der Waals surface area contributed by atoms with Crippen molar-refractivity contribution in [1.29, 1.82) is 0 Å². The Morgan fingerprint density at radius 1 is 0.818 bits per heavy atom. The lowest BCUT2D eigenvalue weighted by Crippen LogP contribution is -2.22. The first kappa shape index (κ1) is 12.8. The van der Waals surface area contributed by atoms with Crippen molar-refractivity contribution in [2.24, 2.45) is 0 Å². The van der Waals surface area contributed by atoms with Gasteiger partial charge >= 0.3 is 0 Å². The van der Waals surface area contributed by atoms with Gasteiger partial charge in [0.05, 0.1) is 22.5 Å². The fourth-order valence-corrected chi connectivity index (χ4v) is 3.02. The molecule has 4 rings (SSSR count). The van der Waals surface area contributed by atoms with Gasteiger partial charge in [0.15, 0.2) is 0 Å². The van der Waals surface area contributed by atoms with Crippen molar-refractivity contribution in [2.45, 2.75) is 12.8 Å². The molecule has 2 N–H and O–H groups in total. The number of nitrogens with one attached hydrogen (secondary N) is 2. The number of hydrogen-bond acceptors (Lipinski definition) is 2. The van der Waals surface area contributed by atoms with Crippen LogP contribution >= 0.6 is 0 Å². The molecule has 2 heterocycles. The molecule has 1 aromatic carbocycles. The predicted octanol–water partition coefficient (Wildman–Crippen LogP) is 2.19. The highest BCUT2D eigenvalue weighted by Gasteiger charge is 2.40. The Kier molecular flexibility index (Phi) is 2.82. The van der Waals surface area contributed by atoms with E-state index in [2.05, 4.69) is 22.8 Å². The zero-order valence-corrected chi connectivity index (χ0v) is 11.8. The zero-order valence-electron chi connectivity index (χ0n) is 11.8. The lowest BCUT2D eigenvalue weighted by molar-refractivity contribution is -0.117. The van der Waals surface area contributed by atoms with Crippen LogP contribution in [-0.4, -0.2) is 11.8 Å². The van der Waals surface area contributed by atoms with Gasteiger partial charge in [-0.15, -0.1) is 0 Å². The standard InChI is InChI=1S/C18H14N2O2/c21-17-13-14(16(20-17)12-9-5-2-6-10-12)18(22)19-15(13)11-7-3-1-4-8-11/h1,3-5,7-10H,2,6H2,(H,19,22)(H,20,21). The second-order valence-electron chi connectivity index (χ2n) is 5.41. The van der Waals surface area contributed by atoms with Crippen molar-refractivity contribution in [2.75, 3.05) is 0 Å². The van der Waals surface area contributed by atoms with Crippen LogP contribution < -0.4 is 10.6 Å². The van der Waals surface area contributed by atoms with Gasteiger partial charge in [-0.25, -0.2) is 0 Å². The van der Waals surface area contributed by atoms with Crippen LogP contribution in [0.1, 0.15) is 18.4 Å². The molecule has 1 aliphatic carbocycles. The van der Waals surface area contributed by atoms with Crippen LogP contribution in [0, 0.1) is 0 Å². The summed E-state index contributed by atoms with van der Waals surface area (Å²) in [5.41, 5.74) is 3.88. The smallest absolute Gasteiger partial charge is 0.258 e.